The van der Waals surface area contributed by atoms with Crippen LogP contribution in [0.25, 0.3) is 0 Å². The minimum Gasteiger partial charge on any atom is -0.507 e. The maximum absolute atomic E-state index is 13.5. The number of esters is 2. The zero-order chi connectivity index (χ0) is 27.9. The molecule has 0 saturated heterocycles. The molecule has 0 fully saturated rings. The smallest absolute Gasteiger partial charge is 0.393 e. The first-order valence-electron chi connectivity index (χ1n) is 12.2. The molecule has 206 valence electrons. The van der Waals surface area contributed by atoms with Crippen LogP contribution in [0, 0.1) is 6.92 Å². The molecule has 0 bridgehead atoms. The van der Waals surface area contributed by atoms with Gasteiger partial charge in [0.05, 0.1) is 13.7 Å². The van der Waals surface area contributed by atoms with Crippen molar-refractivity contribution in [1.29, 1.82) is 0 Å². The van der Waals surface area contributed by atoms with Crippen molar-refractivity contribution in [2.45, 2.75) is 46.8 Å². The van der Waals surface area contributed by atoms with Gasteiger partial charge in [0, 0.05) is 17.7 Å². The predicted molar refractivity (Wildman–Crippen MR) is 141 cm³/mol. The van der Waals surface area contributed by atoms with Crippen molar-refractivity contribution >= 4 is 19.5 Å². The molecule has 10 nitrogen and oxygen atoms in total. The molecule has 1 aliphatic rings. The topological polar surface area (TPSA) is 130 Å². The summed E-state index contributed by atoms with van der Waals surface area (Å²) in [5.74, 6) is -0.502. The Morgan fingerprint density at radius 3 is 2.66 bits per heavy atom. The van der Waals surface area contributed by atoms with Crippen molar-refractivity contribution in [3.8, 4) is 17.2 Å². The number of benzene rings is 2. The van der Waals surface area contributed by atoms with Gasteiger partial charge in [-0.2, -0.15) is 0 Å². The lowest BCUT2D eigenvalue weighted by molar-refractivity contribution is -0.150. The summed E-state index contributed by atoms with van der Waals surface area (Å²) in [4.78, 5) is 24.2. The van der Waals surface area contributed by atoms with Gasteiger partial charge in [0.2, 0.25) is 0 Å². The standard InChI is InChI=1S/C27H34NO9P/c1-6-34-26(30)19(4)36-38(32,37-20-10-8-7-9-11-20)16-28-14-17(2)12-13-21-24(29)23-22(15-35-27(23)31)18(3)25(21)33-5/h7-12,19,28-29H,6,13-16H2,1-5H3/b17-12+/t19-,38?/m0/s1. The molecular formula is C27H34NO9P. The number of hydrogen-bond donors (Lipinski definition) is 2. The van der Waals surface area contributed by atoms with E-state index in [1.807, 2.05) is 19.9 Å². The van der Waals surface area contributed by atoms with Crippen LogP contribution in [-0.4, -0.2) is 49.7 Å². The van der Waals surface area contributed by atoms with E-state index >= 15 is 0 Å². The summed E-state index contributed by atoms with van der Waals surface area (Å²) in [7, 11) is -2.29. The summed E-state index contributed by atoms with van der Waals surface area (Å²) in [6.45, 7) is 7.40. The zero-order valence-corrected chi connectivity index (χ0v) is 23.1. The summed E-state index contributed by atoms with van der Waals surface area (Å²) in [6.07, 6.45) is 0.892. The molecule has 0 amide bonds. The van der Waals surface area contributed by atoms with E-state index in [0.29, 0.717) is 35.6 Å². The molecule has 0 aliphatic carbocycles. The highest BCUT2D eigenvalue weighted by Crippen LogP contribution is 2.48. The maximum Gasteiger partial charge on any atom is 0.393 e. The van der Waals surface area contributed by atoms with E-state index < -0.39 is 25.6 Å². The van der Waals surface area contributed by atoms with Gasteiger partial charge in [-0.1, -0.05) is 29.8 Å². The number of rotatable bonds is 13. The number of phenolic OH excluding ortho intramolecular Hbond substituents is 1. The molecule has 2 N–H and O–H groups in total. The van der Waals surface area contributed by atoms with E-state index in [1.165, 1.54) is 14.0 Å². The second-order valence-electron chi connectivity index (χ2n) is 8.77. The third-order valence-corrected chi connectivity index (χ3v) is 7.67. The van der Waals surface area contributed by atoms with E-state index in [-0.39, 0.29) is 30.8 Å². The van der Waals surface area contributed by atoms with Crippen molar-refractivity contribution in [3.05, 3.63) is 64.2 Å². The lowest BCUT2D eigenvalue weighted by atomic mass is 9.95. The normalized spacial score (nSPS) is 15.3. The van der Waals surface area contributed by atoms with Crippen LogP contribution in [0.5, 0.6) is 17.2 Å². The third-order valence-electron chi connectivity index (χ3n) is 5.94. The number of carbonyl (C=O) groups excluding carboxylic acids is 2. The highest BCUT2D eigenvalue weighted by molar-refractivity contribution is 7.54. The number of carbonyl (C=O) groups is 2. The average molecular weight is 548 g/mol. The molecule has 3 rings (SSSR count). The van der Waals surface area contributed by atoms with Crippen molar-refractivity contribution in [2.75, 3.05) is 26.5 Å². The lowest BCUT2D eigenvalue weighted by Crippen LogP contribution is -2.27. The number of para-hydroxylation sites is 1. The van der Waals surface area contributed by atoms with Crippen molar-refractivity contribution in [2.24, 2.45) is 0 Å². The van der Waals surface area contributed by atoms with E-state index in [4.69, 9.17) is 23.3 Å². The fourth-order valence-electron chi connectivity index (χ4n) is 4.04. The Hall–Kier alpha value is -3.33. The first-order valence-corrected chi connectivity index (χ1v) is 14.0. The van der Waals surface area contributed by atoms with Gasteiger partial charge < -0.3 is 29.2 Å². The molecule has 0 aromatic heterocycles. The van der Waals surface area contributed by atoms with Crippen LogP contribution < -0.4 is 14.6 Å². The molecule has 2 aromatic rings. The first kappa shape index (κ1) is 29.2. The summed E-state index contributed by atoms with van der Waals surface area (Å²) in [5.41, 5.74) is 2.89. The molecule has 0 radical (unpaired) electrons. The SMILES string of the molecule is CCOC(=O)[C@H](C)OP(=O)(CNC/C(C)=C/Cc1c(O)c2c(c(C)c1OC)COC2=O)Oc1ccccc1. The average Bonchev–Trinajstić information content (AvgIpc) is 3.27. The molecule has 0 spiro atoms. The van der Waals surface area contributed by atoms with E-state index in [2.05, 4.69) is 5.32 Å². The van der Waals surface area contributed by atoms with Gasteiger partial charge in [-0.25, -0.2) is 14.2 Å². The number of phenols is 1. The van der Waals surface area contributed by atoms with Gasteiger partial charge in [0.25, 0.3) is 0 Å². The number of fused-ring (bicyclic) bond motifs is 1. The lowest BCUT2D eigenvalue weighted by Gasteiger charge is -2.22. The Morgan fingerprint density at radius 2 is 2.00 bits per heavy atom. The van der Waals surface area contributed by atoms with Gasteiger partial charge in [-0.15, -0.1) is 0 Å². The monoisotopic (exact) mass is 547 g/mol. The molecule has 2 atom stereocenters. The molecule has 1 unspecified atom stereocenters. The minimum absolute atomic E-state index is 0.102. The highest BCUT2D eigenvalue weighted by Gasteiger charge is 2.33. The molecule has 2 aromatic carbocycles. The van der Waals surface area contributed by atoms with Gasteiger partial charge >= 0.3 is 19.5 Å². The van der Waals surface area contributed by atoms with Crippen LogP contribution >= 0.6 is 7.60 Å². The number of hydrogen-bond acceptors (Lipinski definition) is 10. The van der Waals surface area contributed by atoms with Crippen molar-refractivity contribution in [1.82, 2.24) is 5.32 Å². The van der Waals surface area contributed by atoms with Crippen LogP contribution in [0.15, 0.2) is 42.0 Å². The second kappa shape index (κ2) is 13.0. The van der Waals surface area contributed by atoms with Gasteiger partial charge in [0.15, 0.2) is 6.10 Å². The van der Waals surface area contributed by atoms with E-state index in [0.717, 1.165) is 11.1 Å². The summed E-state index contributed by atoms with van der Waals surface area (Å²) in [5, 5.41) is 13.8. The van der Waals surface area contributed by atoms with Crippen LogP contribution in [0.3, 0.4) is 0 Å². The number of ether oxygens (including phenoxy) is 3. The van der Waals surface area contributed by atoms with Crippen LogP contribution in [0.4, 0.5) is 0 Å². The minimum atomic E-state index is -3.80. The van der Waals surface area contributed by atoms with Crippen LogP contribution in [0.2, 0.25) is 0 Å². The molecule has 1 heterocycles. The molecule has 38 heavy (non-hydrogen) atoms. The third kappa shape index (κ3) is 6.95. The Balaban J connectivity index is 1.71. The maximum atomic E-state index is 13.5. The number of cyclic esters (lactones) is 1. The second-order valence-corrected chi connectivity index (χ2v) is 10.7. The van der Waals surface area contributed by atoms with E-state index in [9.17, 15) is 19.3 Å². The zero-order valence-electron chi connectivity index (χ0n) is 22.2. The molecule has 11 heteroatoms. The Kier molecular flexibility index (Phi) is 9.96. The van der Waals surface area contributed by atoms with Gasteiger partial charge in [-0.05, 0) is 51.8 Å². The molecule has 0 saturated carbocycles. The summed E-state index contributed by atoms with van der Waals surface area (Å²) >= 11 is 0. The summed E-state index contributed by atoms with van der Waals surface area (Å²) in [6, 6.07) is 8.55. The molecule has 1 aliphatic heterocycles. The number of nitrogens with one attached hydrogen (secondary N) is 1. The number of allylic oxidation sites excluding steroid dienone is 1. The fourth-order valence-corrected chi connectivity index (χ4v) is 5.62. The first-order chi connectivity index (χ1) is 18.1. The quantitative estimate of drug-likeness (QED) is 0.208. The largest absolute Gasteiger partial charge is 0.507 e. The van der Waals surface area contributed by atoms with E-state index in [1.54, 1.807) is 37.3 Å². The Labute approximate surface area is 222 Å². The van der Waals surface area contributed by atoms with Gasteiger partial charge in [-0.3, -0.25) is 4.52 Å². The van der Waals surface area contributed by atoms with Gasteiger partial charge in [0.1, 0.15) is 35.7 Å². The highest BCUT2D eigenvalue weighted by atomic mass is 31.2. The number of methoxy groups -OCH3 is 1. The number of aromatic hydroxyl groups is 1. The Morgan fingerprint density at radius 1 is 1.29 bits per heavy atom. The predicted octanol–water partition coefficient (Wildman–Crippen LogP) is 4.66. The van der Waals surface area contributed by atoms with Crippen LogP contribution in [0.1, 0.15) is 47.8 Å². The molecular weight excluding hydrogens is 513 g/mol. The Bertz CT molecular complexity index is 1240. The van der Waals surface area contributed by atoms with Crippen molar-refractivity contribution in [3.63, 3.8) is 0 Å². The van der Waals surface area contributed by atoms with Crippen LogP contribution in [-0.2, 0) is 36.4 Å². The van der Waals surface area contributed by atoms with Crippen molar-refractivity contribution < 1.29 is 42.5 Å². The fraction of sp³-hybridized carbons (Fsp3) is 0.407. The summed E-state index contributed by atoms with van der Waals surface area (Å²) < 4.78 is 40.4.